The number of esters is 1. The molecule has 0 amide bonds. The molecule has 3 rings (SSSR count). The van der Waals surface area contributed by atoms with Crippen LogP contribution in [0.1, 0.15) is 16.1 Å². The molecule has 0 aliphatic heterocycles. The highest BCUT2D eigenvalue weighted by atomic mass is 35.5. The fraction of sp³-hybridized carbons (Fsp3) is 0.0588. The predicted molar refractivity (Wildman–Crippen MR) is 83.1 cm³/mol. The van der Waals surface area contributed by atoms with Crippen LogP contribution in [-0.4, -0.2) is 11.0 Å². The molecule has 0 N–H and O–H groups in total. The van der Waals surface area contributed by atoms with Crippen molar-refractivity contribution in [1.82, 2.24) is 4.98 Å². The maximum absolute atomic E-state index is 12.1. The van der Waals surface area contributed by atoms with Gasteiger partial charge in [0.2, 0.25) is 5.89 Å². The third-order valence-corrected chi connectivity index (χ3v) is 3.34. The third-order valence-electron chi connectivity index (χ3n) is 3.02. The molecule has 0 spiro atoms. The third kappa shape index (κ3) is 3.02. The molecule has 5 heteroatoms. The Bertz CT molecular complexity index is 812. The molecule has 1 aromatic heterocycles. The topological polar surface area (TPSA) is 52.3 Å². The van der Waals surface area contributed by atoms with Gasteiger partial charge in [-0.2, -0.15) is 0 Å². The normalized spacial score (nSPS) is 10.5. The number of oxazole rings is 1. The molecule has 22 heavy (non-hydrogen) atoms. The molecule has 2 aromatic carbocycles. The van der Waals surface area contributed by atoms with Crippen LogP contribution in [0.4, 0.5) is 0 Å². The van der Waals surface area contributed by atoms with Gasteiger partial charge in [0.25, 0.3) is 0 Å². The van der Waals surface area contributed by atoms with E-state index < -0.39 is 5.97 Å². The molecule has 0 aliphatic rings. The van der Waals surface area contributed by atoms with Gasteiger partial charge in [0.05, 0.1) is 5.02 Å². The molecular formula is C17H12ClNO3. The van der Waals surface area contributed by atoms with Crippen LogP contribution in [0, 0.1) is 6.92 Å². The Balaban J connectivity index is 1.81. The van der Waals surface area contributed by atoms with Gasteiger partial charge in [0.1, 0.15) is 12.0 Å². The lowest BCUT2D eigenvalue weighted by Crippen LogP contribution is -2.09. The van der Waals surface area contributed by atoms with Crippen molar-refractivity contribution in [3.63, 3.8) is 0 Å². The Labute approximate surface area is 132 Å². The molecule has 4 nitrogen and oxygen atoms in total. The molecule has 0 saturated heterocycles. The average Bonchev–Trinajstić information content (AvgIpc) is 3.02. The zero-order valence-corrected chi connectivity index (χ0v) is 12.5. The van der Waals surface area contributed by atoms with Crippen molar-refractivity contribution in [3.8, 4) is 17.2 Å². The van der Waals surface area contributed by atoms with Gasteiger partial charge >= 0.3 is 5.97 Å². The fourth-order valence-electron chi connectivity index (χ4n) is 1.92. The van der Waals surface area contributed by atoms with E-state index in [9.17, 15) is 4.79 Å². The van der Waals surface area contributed by atoms with Crippen molar-refractivity contribution in [1.29, 1.82) is 0 Å². The monoisotopic (exact) mass is 313 g/mol. The minimum Gasteiger partial charge on any atom is -0.444 e. The maximum Gasteiger partial charge on any atom is 0.365 e. The van der Waals surface area contributed by atoms with Crippen LogP contribution in [0.5, 0.6) is 5.75 Å². The summed E-state index contributed by atoms with van der Waals surface area (Å²) in [5.41, 5.74) is 1.82. The molecule has 3 aromatic rings. The van der Waals surface area contributed by atoms with Crippen LogP contribution in [-0.2, 0) is 0 Å². The van der Waals surface area contributed by atoms with Crippen LogP contribution in [0.2, 0.25) is 5.02 Å². The molecule has 0 fully saturated rings. The summed E-state index contributed by atoms with van der Waals surface area (Å²) in [6, 6.07) is 14.5. The number of halogens is 1. The number of benzene rings is 2. The van der Waals surface area contributed by atoms with Gasteiger partial charge < -0.3 is 9.15 Å². The summed E-state index contributed by atoms with van der Waals surface area (Å²) in [6.07, 6.45) is 1.27. The molecule has 0 unspecified atom stereocenters. The van der Waals surface area contributed by atoms with E-state index in [2.05, 4.69) is 4.98 Å². The highest BCUT2D eigenvalue weighted by Crippen LogP contribution is 2.26. The first kappa shape index (κ1) is 14.4. The Morgan fingerprint density at radius 2 is 1.95 bits per heavy atom. The number of hydrogen-bond acceptors (Lipinski definition) is 4. The summed E-state index contributed by atoms with van der Waals surface area (Å²) in [5.74, 6) is 0.0530. The van der Waals surface area contributed by atoms with Crippen molar-refractivity contribution in [2.24, 2.45) is 0 Å². The van der Waals surface area contributed by atoms with Crippen LogP contribution in [0.15, 0.2) is 59.2 Å². The summed E-state index contributed by atoms with van der Waals surface area (Å²) >= 11 is 6.01. The fourth-order valence-corrected chi connectivity index (χ4v) is 2.08. The number of rotatable bonds is 3. The number of carbonyl (C=O) groups excluding carboxylic acids is 1. The van der Waals surface area contributed by atoms with E-state index in [4.69, 9.17) is 20.8 Å². The first-order valence-electron chi connectivity index (χ1n) is 6.63. The number of ether oxygens (including phenoxy) is 1. The number of carbonyl (C=O) groups is 1. The van der Waals surface area contributed by atoms with E-state index in [0.717, 1.165) is 11.1 Å². The van der Waals surface area contributed by atoms with Gasteiger partial charge in [-0.1, -0.05) is 35.9 Å². The molecule has 110 valence electrons. The molecule has 0 atom stereocenters. The second kappa shape index (κ2) is 6.03. The van der Waals surface area contributed by atoms with Gasteiger partial charge in [-0.05, 0) is 36.8 Å². The average molecular weight is 314 g/mol. The van der Waals surface area contributed by atoms with E-state index >= 15 is 0 Å². The molecule has 0 aliphatic carbocycles. The van der Waals surface area contributed by atoms with E-state index in [0.29, 0.717) is 16.7 Å². The Morgan fingerprint density at radius 3 is 2.73 bits per heavy atom. The zero-order chi connectivity index (χ0) is 15.5. The molecule has 0 radical (unpaired) electrons. The van der Waals surface area contributed by atoms with Crippen molar-refractivity contribution in [3.05, 3.63) is 71.1 Å². The minimum absolute atomic E-state index is 0.0939. The Hall–Kier alpha value is -2.59. The Kier molecular flexibility index (Phi) is 3.94. The van der Waals surface area contributed by atoms with E-state index in [-0.39, 0.29) is 5.69 Å². The summed E-state index contributed by atoms with van der Waals surface area (Å²) < 4.78 is 10.6. The van der Waals surface area contributed by atoms with Crippen molar-refractivity contribution in [2.75, 3.05) is 0 Å². The molecule has 1 heterocycles. The second-order valence-corrected chi connectivity index (χ2v) is 5.13. The summed E-state index contributed by atoms with van der Waals surface area (Å²) in [5, 5.41) is 0.366. The number of hydrogen-bond donors (Lipinski definition) is 0. The van der Waals surface area contributed by atoms with Gasteiger partial charge in [-0.3, -0.25) is 0 Å². The smallest absolute Gasteiger partial charge is 0.365 e. The van der Waals surface area contributed by atoms with Gasteiger partial charge in [0, 0.05) is 5.56 Å². The lowest BCUT2D eigenvalue weighted by molar-refractivity contribution is 0.0728. The lowest BCUT2D eigenvalue weighted by Gasteiger charge is -2.05. The van der Waals surface area contributed by atoms with Crippen LogP contribution >= 0.6 is 11.6 Å². The summed E-state index contributed by atoms with van der Waals surface area (Å²) in [7, 11) is 0. The zero-order valence-electron chi connectivity index (χ0n) is 11.7. The highest BCUT2D eigenvalue weighted by Gasteiger charge is 2.17. The van der Waals surface area contributed by atoms with Gasteiger partial charge in [-0.25, -0.2) is 9.78 Å². The lowest BCUT2D eigenvalue weighted by atomic mass is 10.2. The molecule has 0 bridgehead atoms. The molecule has 0 saturated carbocycles. The minimum atomic E-state index is -0.613. The first-order valence-corrected chi connectivity index (χ1v) is 7.00. The first-order chi connectivity index (χ1) is 10.6. The quantitative estimate of drug-likeness (QED) is 0.527. The van der Waals surface area contributed by atoms with Gasteiger partial charge in [0.15, 0.2) is 5.69 Å². The summed E-state index contributed by atoms with van der Waals surface area (Å²) in [6.45, 7) is 1.89. The second-order valence-electron chi connectivity index (χ2n) is 4.73. The largest absolute Gasteiger partial charge is 0.444 e. The summed E-state index contributed by atoms with van der Waals surface area (Å²) in [4.78, 5) is 16.3. The van der Waals surface area contributed by atoms with Crippen molar-refractivity contribution >= 4 is 17.6 Å². The van der Waals surface area contributed by atoms with Crippen molar-refractivity contribution < 1.29 is 13.9 Å². The number of nitrogens with zero attached hydrogens (tertiary/aromatic N) is 1. The number of aromatic nitrogens is 1. The highest BCUT2D eigenvalue weighted by molar-refractivity contribution is 6.32. The maximum atomic E-state index is 12.1. The van der Waals surface area contributed by atoms with Crippen LogP contribution in [0.3, 0.4) is 0 Å². The van der Waals surface area contributed by atoms with Gasteiger partial charge in [-0.15, -0.1) is 0 Å². The van der Waals surface area contributed by atoms with Crippen LogP contribution in [0.25, 0.3) is 11.5 Å². The molecular weight excluding hydrogens is 302 g/mol. The van der Waals surface area contributed by atoms with E-state index in [1.165, 1.54) is 6.26 Å². The van der Waals surface area contributed by atoms with Crippen molar-refractivity contribution in [2.45, 2.75) is 6.92 Å². The standard InChI is InChI=1S/C17H12ClNO3/c1-11-7-8-13(18)15(9-11)22-17(20)14-10-21-16(19-14)12-5-3-2-4-6-12/h2-10H,1H3. The van der Waals surface area contributed by atoms with E-state index in [1.807, 2.05) is 43.3 Å². The van der Waals surface area contributed by atoms with E-state index in [1.54, 1.807) is 12.1 Å². The SMILES string of the molecule is Cc1ccc(Cl)c(OC(=O)c2coc(-c3ccccc3)n2)c1. The predicted octanol–water partition coefficient (Wildman–Crippen LogP) is 4.52. The Morgan fingerprint density at radius 1 is 1.18 bits per heavy atom. The number of aryl methyl sites for hydroxylation is 1. The van der Waals surface area contributed by atoms with Crippen LogP contribution < -0.4 is 4.74 Å².